The van der Waals surface area contributed by atoms with E-state index >= 15 is 0 Å². The Bertz CT molecular complexity index is 2100. The number of ether oxygens (including phenoxy) is 2. The highest BCUT2D eigenvalue weighted by atomic mass is 35.5. The maximum absolute atomic E-state index is 13.6. The summed E-state index contributed by atoms with van der Waals surface area (Å²) in [5.41, 5.74) is 3.07. The van der Waals surface area contributed by atoms with E-state index in [1.165, 1.54) is 10.9 Å². The molecule has 1 amide bonds. The van der Waals surface area contributed by atoms with Gasteiger partial charge in [-0.2, -0.15) is 9.78 Å². The van der Waals surface area contributed by atoms with E-state index in [0.29, 0.717) is 50.9 Å². The van der Waals surface area contributed by atoms with Gasteiger partial charge in [0.15, 0.2) is 23.9 Å². The predicted octanol–water partition coefficient (Wildman–Crippen LogP) is 7.07. The Kier molecular flexibility index (Phi) is 8.12. The van der Waals surface area contributed by atoms with Gasteiger partial charge >= 0.3 is 0 Å². The molecule has 0 unspecified atom stereocenters. The van der Waals surface area contributed by atoms with Crippen molar-refractivity contribution in [3.63, 3.8) is 0 Å². The summed E-state index contributed by atoms with van der Waals surface area (Å²) in [7, 11) is 0. The summed E-state index contributed by atoms with van der Waals surface area (Å²) in [6.07, 6.45) is 1.53. The maximum atomic E-state index is 13.6. The summed E-state index contributed by atoms with van der Waals surface area (Å²) in [4.78, 5) is 30.8. The summed E-state index contributed by atoms with van der Waals surface area (Å²) < 4.78 is 18.8. The molecule has 2 heterocycles. The van der Waals surface area contributed by atoms with E-state index in [2.05, 4.69) is 10.4 Å². The Morgan fingerprint density at radius 2 is 1.82 bits per heavy atom. The number of hydrogen-bond acceptors (Lipinski definition) is 7. The molecule has 0 fully saturated rings. The second kappa shape index (κ2) is 12.4. The smallest absolute Gasteiger partial charge is 0.282 e. The Labute approximate surface area is 257 Å². The van der Waals surface area contributed by atoms with Crippen molar-refractivity contribution in [3.05, 3.63) is 117 Å². The van der Waals surface area contributed by atoms with Gasteiger partial charge in [0, 0.05) is 16.1 Å². The fraction of sp³-hybridized carbons (Fsp3) is 0.118. The average molecular weight is 607 g/mol. The number of nitrogens with one attached hydrogen (secondary N) is 1. The zero-order chi connectivity index (χ0) is 30.6. The molecule has 44 heavy (non-hydrogen) atoms. The van der Waals surface area contributed by atoms with Crippen molar-refractivity contribution in [2.45, 2.75) is 13.8 Å². The molecule has 0 bridgehead atoms. The van der Waals surface area contributed by atoms with Gasteiger partial charge in [0.1, 0.15) is 5.58 Å². The zero-order valence-corrected chi connectivity index (χ0v) is 24.7. The van der Waals surface area contributed by atoms with E-state index in [1.54, 1.807) is 60.7 Å². The van der Waals surface area contributed by atoms with Gasteiger partial charge in [-0.15, -0.1) is 0 Å². The van der Waals surface area contributed by atoms with Crippen LogP contribution in [0.5, 0.6) is 11.5 Å². The molecule has 0 saturated carbocycles. The van der Waals surface area contributed by atoms with Crippen LogP contribution in [0, 0.1) is 6.92 Å². The highest BCUT2D eigenvalue weighted by Gasteiger charge is 2.17. The number of amides is 1. The molecule has 1 N–H and O–H groups in total. The fourth-order valence-corrected chi connectivity index (χ4v) is 4.85. The second-order valence-corrected chi connectivity index (χ2v) is 10.3. The van der Waals surface area contributed by atoms with Crippen LogP contribution < -0.4 is 20.3 Å². The zero-order valence-electron chi connectivity index (χ0n) is 23.9. The first-order valence-electron chi connectivity index (χ1n) is 13.9. The molecular formula is C34H27ClN4O5. The Balaban J connectivity index is 1.30. The summed E-state index contributed by atoms with van der Waals surface area (Å²) in [5.74, 6) is 1.14. The van der Waals surface area contributed by atoms with Crippen LogP contribution in [-0.4, -0.2) is 35.0 Å². The second-order valence-electron chi connectivity index (χ2n) is 9.90. The highest BCUT2D eigenvalue weighted by molar-refractivity contribution is 6.31. The summed E-state index contributed by atoms with van der Waals surface area (Å²) in [6, 6.07) is 26.8. The number of fused-ring (bicyclic) bond motifs is 2. The Morgan fingerprint density at radius 3 is 2.66 bits per heavy atom. The van der Waals surface area contributed by atoms with E-state index in [1.807, 2.05) is 44.2 Å². The largest absolute Gasteiger partial charge is 0.490 e. The van der Waals surface area contributed by atoms with Crippen LogP contribution in [0.2, 0.25) is 5.02 Å². The molecule has 0 aliphatic carbocycles. The van der Waals surface area contributed by atoms with Crippen molar-refractivity contribution < 1.29 is 18.7 Å². The van der Waals surface area contributed by atoms with Crippen molar-refractivity contribution in [3.8, 4) is 23.1 Å². The number of benzene rings is 4. The number of carbonyl (C=O) groups excluding carboxylic acids is 1. The number of carbonyl (C=O) groups is 1. The monoisotopic (exact) mass is 606 g/mol. The lowest BCUT2D eigenvalue weighted by Gasteiger charge is -2.13. The highest BCUT2D eigenvalue weighted by Crippen LogP contribution is 2.30. The first kappa shape index (κ1) is 28.7. The van der Waals surface area contributed by atoms with Crippen LogP contribution in [0.25, 0.3) is 33.5 Å². The number of furan rings is 1. The molecule has 2 aromatic heterocycles. The average Bonchev–Trinajstić information content (AvgIpc) is 3.44. The molecule has 6 aromatic rings. The van der Waals surface area contributed by atoms with Crippen molar-refractivity contribution >= 4 is 51.3 Å². The van der Waals surface area contributed by atoms with Gasteiger partial charge in [-0.05, 0) is 85.6 Å². The summed E-state index contributed by atoms with van der Waals surface area (Å²) >= 11 is 6.17. The molecule has 0 radical (unpaired) electrons. The molecule has 220 valence electrons. The molecule has 0 atom stereocenters. The van der Waals surface area contributed by atoms with Crippen LogP contribution in [0.4, 0.5) is 5.69 Å². The number of aryl methyl sites for hydroxylation is 1. The van der Waals surface area contributed by atoms with Crippen LogP contribution >= 0.6 is 11.6 Å². The van der Waals surface area contributed by atoms with E-state index in [4.69, 9.17) is 30.5 Å². The summed E-state index contributed by atoms with van der Waals surface area (Å²) in [5, 5.41) is 9.12. The van der Waals surface area contributed by atoms with Gasteiger partial charge in [0.25, 0.3) is 11.5 Å². The molecular weight excluding hydrogens is 580 g/mol. The van der Waals surface area contributed by atoms with Crippen LogP contribution in [0.1, 0.15) is 18.1 Å². The van der Waals surface area contributed by atoms with Gasteiger partial charge < -0.3 is 19.2 Å². The standard InChI is InChI=1S/C34H27ClN4O5/c1-3-42-30-16-22(12-14-29(30)43-20-32(40)37-26-10-6-4-8-21(26)2)19-36-39-33(38-27-11-7-5-9-25(27)34(39)41)31-18-23-17-24(35)13-15-28(23)44-31/h4-19H,3,20H2,1-2H3,(H,37,40). The van der Waals surface area contributed by atoms with E-state index < -0.39 is 0 Å². The van der Waals surface area contributed by atoms with Crippen molar-refractivity contribution in [2.24, 2.45) is 5.10 Å². The number of rotatable bonds is 9. The third-order valence-electron chi connectivity index (χ3n) is 6.82. The van der Waals surface area contributed by atoms with Crippen LogP contribution in [-0.2, 0) is 4.79 Å². The molecule has 6 rings (SSSR count). The van der Waals surface area contributed by atoms with E-state index in [9.17, 15) is 9.59 Å². The fourth-order valence-electron chi connectivity index (χ4n) is 4.67. The van der Waals surface area contributed by atoms with Gasteiger partial charge in [0.05, 0.1) is 23.7 Å². The number of nitrogens with zero attached hydrogens (tertiary/aromatic N) is 3. The minimum atomic E-state index is -0.356. The first-order chi connectivity index (χ1) is 21.4. The number of halogens is 1. The van der Waals surface area contributed by atoms with Gasteiger partial charge in [-0.25, -0.2) is 4.98 Å². The molecule has 9 nitrogen and oxygen atoms in total. The third kappa shape index (κ3) is 6.04. The Hall–Kier alpha value is -5.41. The third-order valence-corrected chi connectivity index (χ3v) is 7.06. The predicted molar refractivity (Wildman–Crippen MR) is 172 cm³/mol. The molecule has 0 aliphatic heterocycles. The van der Waals surface area contributed by atoms with Gasteiger partial charge in [-0.1, -0.05) is 41.9 Å². The summed E-state index contributed by atoms with van der Waals surface area (Å²) in [6.45, 7) is 3.94. The van der Waals surface area contributed by atoms with E-state index in [-0.39, 0.29) is 23.9 Å². The SMILES string of the molecule is CCOc1cc(C=Nn2c(-c3cc4cc(Cl)ccc4o3)nc3ccccc3c2=O)ccc1OCC(=O)Nc1ccccc1C. The number of hydrogen-bond donors (Lipinski definition) is 1. The van der Waals surface area contributed by atoms with Gasteiger partial charge in [0.2, 0.25) is 5.82 Å². The molecule has 4 aromatic carbocycles. The maximum Gasteiger partial charge on any atom is 0.282 e. The van der Waals surface area contributed by atoms with Gasteiger partial charge in [-0.3, -0.25) is 9.59 Å². The molecule has 0 saturated heterocycles. The minimum absolute atomic E-state index is 0.202. The van der Waals surface area contributed by atoms with Crippen LogP contribution in [0.15, 0.2) is 105 Å². The number of para-hydroxylation sites is 2. The van der Waals surface area contributed by atoms with Crippen molar-refractivity contribution in [1.29, 1.82) is 0 Å². The number of aromatic nitrogens is 2. The normalized spacial score (nSPS) is 11.3. The van der Waals surface area contributed by atoms with Crippen molar-refractivity contribution in [2.75, 3.05) is 18.5 Å². The van der Waals surface area contributed by atoms with Crippen LogP contribution in [0.3, 0.4) is 0 Å². The molecule has 0 spiro atoms. The quantitative estimate of drug-likeness (QED) is 0.176. The van der Waals surface area contributed by atoms with Crippen molar-refractivity contribution in [1.82, 2.24) is 9.66 Å². The minimum Gasteiger partial charge on any atom is -0.490 e. The number of anilines is 1. The van der Waals surface area contributed by atoms with E-state index in [0.717, 1.165) is 16.6 Å². The molecule has 10 heteroatoms. The molecule has 0 aliphatic rings. The lowest BCUT2D eigenvalue weighted by atomic mass is 10.2. The topological polar surface area (TPSA) is 108 Å². The Morgan fingerprint density at radius 1 is 1.00 bits per heavy atom. The lowest BCUT2D eigenvalue weighted by molar-refractivity contribution is -0.118. The lowest BCUT2D eigenvalue weighted by Crippen LogP contribution is -2.21. The first-order valence-corrected chi connectivity index (χ1v) is 14.3.